The quantitative estimate of drug-likeness (QED) is 0.822. The summed E-state index contributed by atoms with van der Waals surface area (Å²) in [7, 11) is 0. The molecule has 0 aliphatic carbocycles. The average molecular weight is 258 g/mol. The van der Waals surface area contributed by atoms with Crippen molar-refractivity contribution in [3.63, 3.8) is 0 Å². The number of halogens is 1. The minimum absolute atomic E-state index is 0.279. The molecule has 0 saturated heterocycles. The van der Waals surface area contributed by atoms with Gasteiger partial charge in [-0.1, -0.05) is 25.4 Å². The summed E-state index contributed by atoms with van der Waals surface area (Å²) in [6.45, 7) is 6.81. The van der Waals surface area contributed by atoms with Gasteiger partial charge < -0.3 is 15.2 Å². The maximum atomic E-state index is 9.67. The number of rotatable bonds is 6. The number of benzene rings is 1. The molecule has 0 bridgehead atoms. The number of hydrogen-bond acceptors (Lipinski definition) is 3. The number of aryl methyl sites for hydroxylation is 1. The van der Waals surface area contributed by atoms with Gasteiger partial charge in [0.25, 0.3) is 0 Å². The Balaban J connectivity index is 2.36. The summed E-state index contributed by atoms with van der Waals surface area (Å²) < 4.78 is 5.49. The average Bonchev–Trinajstić information content (AvgIpc) is 2.28. The fraction of sp³-hybridized carbons (Fsp3) is 0.538. The van der Waals surface area contributed by atoms with Crippen molar-refractivity contribution >= 4 is 11.6 Å². The molecule has 0 heterocycles. The number of nitrogens with one attached hydrogen (secondary N) is 1. The number of hydrogen-bond donors (Lipinski definition) is 2. The molecule has 0 aromatic heterocycles. The maximum absolute atomic E-state index is 9.67. The Kier molecular flexibility index (Phi) is 5.75. The van der Waals surface area contributed by atoms with Gasteiger partial charge in [0.2, 0.25) is 0 Å². The monoisotopic (exact) mass is 257 g/mol. The molecule has 0 saturated carbocycles. The second-order valence-electron chi connectivity index (χ2n) is 4.44. The van der Waals surface area contributed by atoms with E-state index >= 15 is 0 Å². The van der Waals surface area contributed by atoms with Gasteiger partial charge in [0, 0.05) is 17.6 Å². The van der Waals surface area contributed by atoms with Crippen LogP contribution in [0.1, 0.15) is 19.4 Å². The third-order valence-electron chi connectivity index (χ3n) is 2.33. The van der Waals surface area contributed by atoms with Gasteiger partial charge >= 0.3 is 0 Å². The van der Waals surface area contributed by atoms with Crippen molar-refractivity contribution < 1.29 is 9.84 Å². The van der Waals surface area contributed by atoms with Gasteiger partial charge in [0.15, 0.2) is 0 Å². The highest BCUT2D eigenvalue weighted by Crippen LogP contribution is 2.20. The van der Waals surface area contributed by atoms with E-state index in [9.17, 15) is 5.11 Å². The van der Waals surface area contributed by atoms with Crippen molar-refractivity contribution in [2.75, 3.05) is 13.2 Å². The highest BCUT2D eigenvalue weighted by atomic mass is 35.5. The summed E-state index contributed by atoms with van der Waals surface area (Å²) in [6, 6.07) is 5.83. The van der Waals surface area contributed by atoms with Crippen LogP contribution in [-0.4, -0.2) is 30.4 Å². The Morgan fingerprint density at radius 1 is 1.41 bits per heavy atom. The third-order valence-corrected chi connectivity index (χ3v) is 2.76. The molecule has 0 aliphatic rings. The van der Waals surface area contributed by atoms with E-state index < -0.39 is 6.10 Å². The normalized spacial score (nSPS) is 12.8. The molecular formula is C13H20ClNO2. The van der Waals surface area contributed by atoms with Crippen molar-refractivity contribution in [2.24, 2.45) is 0 Å². The highest BCUT2D eigenvalue weighted by Gasteiger charge is 2.06. The summed E-state index contributed by atoms with van der Waals surface area (Å²) in [4.78, 5) is 0. The van der Waals surface area contributed by atoms with Crippen LogP contribution in [0.4, 0.5) is 0 Å². The molecular weight excluding hydrogens is 238 g/mol. The van der Waals surface area contributed by atoms with Crippen LogP contribution >= 0.6 is 11.6 Å². The standard InChI is InChI=1S/C13H20ClNO2/c1-9(2)15-7-11(16)8-17-12-4-5-13(14)10(3)6-12/h4-6,9,11,15-16H,7-8H2,1-3H3. The van der Waals surface area contributed by atoms with Crippen molar-refractivity contribution in [3.05, 3.63) is 28.8 Å². The molecule has 0 fully saturated rings. The largest absolute Gasteiger partial charge is 0.491 e. The van der Waals surface area contributed by atoms with Gasteiger partial charge in [0.1, 0.15) is 18.5 Å². The van der Waals surface area contributed by atoms with Gasteiger partial charge in [-0.2, -0.15) is 0 Å². The van der Waals surface area contributed by atoms with Crippen molar-refractivity contribution in [2.45, 2.75) is 32.9 Å². The van der Waals surface area contributed by atoms with Gasteiger partial charge in [-0.15, -0.1) is 0 Å². The molecule has 0 spiro atoms. The van der Waals surface area contributed by atoms with Crippen molar-refractivity contribution in [1.82, 2.24) is 5.32 Å². The Bertz CT molecular complexity index is 355. The SMILES string of the molecule is Cc1cc(OCC(O)CNC(C)C)ccc1Cl. The fourth-order valence-electron chi connectivity index (χ4n) is 1.33. The second kappa shape index (κ2) is 6.84. The van der Waals surface area contributed by atoms with E-state index in [1.807, 2.05) is 26.8 Å². The van der Waals surface area contributed by atoms with Crippen molar-refractivity contribution in [1.29, 1.82) is 0 Å². The topological polar surface area (TPSA) is 41.5 Å². The molecule has 2 N–H and O–H groups in total. The minimum Gasteiger partial charge on any atom is -0.491 e. The fourth-order valence-corrected chi connectivity index (χ4v) is 1.45. The molecule has 4 heteroatoms. The minimum atomic E-state index is -0.506. The molecule has 1 aromatic rings. The molecule has 1 rings (SSSR count). The third kappa shape index (κ3) is 5.39. The van der Waals surface area contributed by atoms with Crippen LogP contribution in [-0.2, 0) is 0 Å². The zero-order valence-electron chi connectivity index (χ0n) is 10.5. The molecule has 1 unspecified atom stereocenters. The highest BCUT2D eigenvalue weighted by molar-refractivity contribution is 6.31. The Morgan fingerprint density at radius 2 is 2.12 bits per heavy atom. The van der Waals surface area contributed by atoms with Crippen LogP contribution in [0.25, 0.3) is 0 Å². The first kappa shape index (κ1) is 14.3. The summed E-state index contributed by atoms with van der Waals surface area (Å²) >= 11 is 5.91. The molecule has 17 heavy (non-hydrogen) atoms. The van der Waals surface area contributed by atoms with Crippen LogP contribution in [0.5, 0.6) is 5.75 Å². The van der Waals surface area contributed by atoms with Crippen LogP contribution in [0.3, 0.4) is 0 Å². The second-order valence-corrected chi connectivity index (χ2v) is 4.85. The molecule has 96 valence electrons. The first-order valence-corrected chi connectivity index (χ1v) is 6.17. The molecule has 0 amide bonds. The molecule has 0 radical (unpaired) electrons. The maximum Gasteiger partial charge on any atom is 0.119 e. The number of aliphatic hydroxyl groups is 1. The summed E-state index contributed by atoms with van der Waals surface area (Å²) in [5, 5.41) is 13.5. The number of aliphatic hydroxyl groups excluding tert-OH is 1. The van der Waals surface area contributed by atoms with Gasteiger partial charge in [-0.25, -0.2) is 0 Å². The lowest BCUT2D eigenvalue weighted by Gasteiger charge is -2.15. The van der Waals surface area contributed by atoms with E-state index in [0.717, 1.165) is 16.3 Å². The van der Waals surface area contributed by atoms with Gasteiger partial charge in [-0.3, -0.25) is 0 Å². The zero-order chi connectivity index (χ0) is 12.8. The molecule has 1 atom stereocenters. The van der Waals surface area contributed by atoms with Crippen LogP contribution < -0.4 is 10.1 Å². The summed E-state index contributed by atoms with van der Waals surface area (Å²) in [5.74, 6) is 0.732. The van der Waals surface area contributed by atoms with E-state index in [2.05, 4.69) is 5.32 Å². The predicted octanol–water partition coefficient (Wildman–Crippen LogP) is 2.39. The Morgan fingerprint density at radius 3 is 2.71 bits per heavy atom. The lowest BCUT2D eigenvalue weighted by Crippen LogP contribution is -2.35. The molecule has 1 aromatic carbocycles. The molecule has 0 aliphatic heterocycles. The van der Waals surface area contributed by atoms with Crippen LogP contribution in [0.2, 0.25) is 5.02 Å². The van der Waals surface area contributed by atoms with E-state index in [1.165, 1.54) is 0 Å². The lowest BCUT2D eigenvalue weighted by atomic mass is 10.2. The first-order chi connectivity index (χ1) is 7.99. The van der Waals surface area contributed by atoms with E-state index in [-0.39, 0.29) is 6.61 Å². The molecule has 3 nitrogen and oxygen atoms in total. The first-order valence-electron chi connectivity index (χ1n) is 5.79. The van der Waals surface area contributed by atoms with Gasteiger partial charge in [0.05, 0.1) is 0 Å². The Labute approximate surface area is 108 Å². The summed E-state index contributed by atoms with van der Waals surface area (Å²) in [6.07, 6.45) is -0.506. The van der Waals surface area contributed by atoms with Crippen LogP contribution in [0.15, 0.2) is 18.2 Å². The lowest BCUT2D eigenvalue weighted by molar-refractivity contribution is 0.104. The summed E-state index contributed by atoms with van der Waals surface area (Å²) in [5.41, 5.74) is 0.971. The smallest absolute Gasteiger partial charge is 0.119 e. The predicted molar refractivity (Wildman–Crippen MR) is 70.8 cm³/mol. The van der Waals surface area contributed by atoms with E-state index in [4.69, 9.17) is 16.3 Å². The zero-order valence-corrected chi connectivity index (χ0v) is 11.3. The van der Waals surface area contributed by atoms with Crippen molar-refractivity contribution in [3.8, 4) is 5.75 Å². The van der Waals surface area contributed by atoms with E-state index in [1.54, 1.807) is 12.1 Å². The van der Waals surface area contributed by atoms with Crippen LogP contribution in [0, 0.1) is 6.92 Å². The van der Waals surface area contributed by atoms with Gasteiger partial charge in [-0.05, 0) is 30.7 Å². The van der Waals surface area contributed by atoms with E-state index in [0.29, 0.717) is 12.6 Å². The number of ether oxygens (including phenoxy) is 1. The Hall–Kier alpha value is -0.770.